The first-order valence-electron chi connectivity index (χ1n) is 10.7. The molecule has 1 amide bonds. The first kappa shape index (κ1) is 19.6. The molecule has 2 atom stereocenters. The SMILES string of the molecule is Cc1ccc(C2=NN3[C@H](C2)c2cc(Br)ccc2O[C@@]32C(=O)N(C)c3ccc(C)cc32)cc1. The van der Waals surface area contributed by atoms with E-state index in [0.29, 0.717) is 6.42 Å². The van der Waals surface area contributed by atoms with Crippen molar-refractivity contribution in [3.05, 3.63) is 93.0 Å². The van der Waals surface area contributed by atoms with Gasteiger partial charge in [-0.05, 0) is 49.7 Å². The number of likely N-dealkylation sites (N-methyl/N-ethyl adjacent to an activating group) is 1. The lowest BCUT2D eigenvalue weighted by molar-refractivity contribution is -0.163. The van der Waals surface area contributed by atoms with Gasteiger partial charge in [0.1, 0.15) is 5.75 Å². The molecule has 0 unspecified atom stereocenters. The van der Waals surface area contributed by atoms with E-state index in [1.54, 1.807) is 11.9 Å². The summed E-state index contributed by atoms with van der Waals surface area (Å²) >= 11 is 3.60. The highest BCUT2D eigenvalue weighted by molar-refractivity contribution is 9.10. The molecule has 5 nitrogen and oxygen atoms in total. The van der Waals surface area contributed by atoms with Gasteiger partial charge in [-0.1, -0.05) is 57.4 Å². The van der Waals surface area contributed by atoms with Crippen LogP contribution in [0.15, 0.2) is 70.2 Å². The molecule has 3 aliphatic rings. The molecule has 6 heteroatoms. The Morgan fingerprint density at radius 3 is 2.56 bits per heavy atom. The Hall–Kier alpha value is -3.12. The van der Waals surface area contributed by atoms with Crippen molar-refractivity contribution < 1.29 is 9.53 Å². The Labute approximate surface area is 195 Å². The van der Waals surface area contributed by atoms with Gasteiger partial charge in [-0.15, -0.1) is 0 Å². The Morgan fingerprint density at radius 2 is 1.78 bits per heavy atom. The number of hydrogen-bond donors (Lipinski definition) is 0. The molecule has 0 aliphatic carbocycles. The van der Waals surface area contributed by atoms with E-state index in [-0.39, 0.29) is 11.9 Å². The summed E-state index contributed by atoms with van der Waals surface area (Å²) in [4.78, 5) is 15.5. The fourth-order valence-corrected chi connectivity index (χ4v) is 5.41. The molecule has 3 aromatic rings. The second kappa shape index (κ2) is 6.69. The van der Waals surface area contributed by atoms with Gasteiger partial charge in [-0.25, -0.2) is 5.01 Å². The predicted octanol–water partition coefficient (Wildman–Crippen LogP) is 5.44. The van der Waals surface area contributed by atoms with E-state index in [4.69, 9.17) is 9.84 Å². The van der Waals surface area contributed by atoms with Crippen molar-refractivity contribution in [2.24, 2.45) is 5.10 Å². The minimum absolute atomic E-state index is 0.101. The Bertz CT molecular complexity index is 1320. The number of benzene rings is 3. The normalized spacial score (nSPS) is 23.1. The lowest BCUT2D eigenvalue weighted by atomic mass is 9.92. The van der Waals surface area contributed by atoms with Crippen LogP contribution in [0, 0.1) is 13.8 Å². The van der Waals surface area contributed by atoms with Gasteiger partial charge >= 0.3 is 5.72 Å². The summed E-state index contributed by atoms with van der Waals surface area (Å²) in [6.45, 7) is 4.11. The van der Waals surface area contributed by atoms with Crippen LogP contribution < -0.4 is 9.64 Å². The van der Waals surface area contributed by atoms with E-state index < -0.39 is 5.72 Å². The molecule has 0 aromatic heterocycles. The third-order valence-electron chi connectivity index (χ3n) is 6.68. The summed E-state index contributed by atoms with van der Waals surface area (Å²) < 4.78 is 7.60. The molecular formula is C26H22BrN3O2. The fourth-order valence-electron chi connectivity index (χ4n) is 5.03. The summed E-state index contributed by atoms with van der Waals surface area (Å²) in [5.74, 6) is 0.608. The van der Waals surface area contributed by atoms with Crippen LogP contribution in [0.1, 0.15) is 40.3 Å². The molecular weight excluding hydrogens is 466 g/mol. The number of ether oxygens (including phenoxy) is 1. The van der Waals surface area contributed by atoms with E-state index >= 15 is 0 Å². The number of halogens is 1. The van der Waals surface area contributed by atoms with Gasteiger partial charge in [0.2, 0.25) is 0 Å². The molecule has 0 bridgehead atoms. The smallest absolute Gasteiger partial charge is 0.306 e. The average Bonchev–Trinajstić information content (AvgIpc) is 3.31. The molecule has 6 rings (SSSR count). The Kier molecular flexibility index (Phi) is 4.09. The Morgan fingerprint density at radius 1 is 1.03 bits per heavy atom. The number of hydrazone groups is 1. The van der Waals surface area contributed by atoms with Gasteiger partial charge in [-0.3, -0.25) is 4.79 Å². The second-order valence-electron chi connectivity index (χ2n) is 8.79. The quantitative estimate of drug-likeness (QED) is 0.459. The summed E-state index contributed by atoms with van der Waals surface area (Å²) in [6, 6.07) is 20.3. The van der Waals surface area contributed by atoms with Crippen molar-refractivity contribution in [2.45, 2.75) is 32.0 Å². The maximum Gasteiger partial charge on any atom is 0.306 e. The summed E-state index contributed by atoms with van der Waals surface area (Å²) in [6.07, 6.45) is 0.704. The van der Waals surface area contributed by atoms with Crippen LogP contribution in [-0.4, -0.2) is 23.7 Å². The second-order valence-corrected chi connectivity index (χ2v) is 9.71. The zero-order valence-corrected chi connectivity index (χ0v) is 19.7. The van der Waals surface area contributed by atoms with Gasteiger partial charge in [0, 0.05) is 23.5 Å². The number of carbonyl (C=O) groups is 1. The van der Waals surface area contributed by atoms with E-state index in [2.05, 4.69) is 59.3 Å². The molecule has 1 spiro atoms. The third kappa shape index (κ3) is 2.56. The van der Waals surface area contributed by atoms with Gasteiger partial charge in [0.05, 0.1) is 23.0 Å². The largest absolute Gasteiger partial charge is 0.453 e. The van der Waals surface area contributed by atoms with Crippen LogP contribution in [0.2, 0.25) is 0 Å². The Balaban J connectivity index is 1.59. The first-order valence-corrected chi connectivity index (χ1v) is 11.5. The zero-order valence-electron chi connectivity index (χ0n) is 18.1. The van der Waals surface area contributed by atoms with Crippen LogP contribution in [0.3, 0.4) is 0 Å². The molecule has 32 heavy (non-hydrogen) atoms. The number of fused-ring (bicyclic) bond motifs is 6. The predicted molar refractivity (Wildman–Crippen MR) is 128 cm³/mol. The molecule has 0 saturated heterocycles. The maximum absolute atomic E-state index is 13.8. The summed E-state index contributed by atoms with van der Waals surface area (Å²) in [5.41, 5.74) is 5.74. The van der Waals surface area contributed by atoms with Crippen LogP contribution >= 0.6 is 15.9 Å². The molecule has 3 aliphatic heterocycles. The van der Waals surface area contributed by atoms with Crippen LogP contribution in [0.25, 0.3) is 0 Å². The molecule has 0 radical (unpaired) electrons. The summed E-state index contributed by atoms with van der Waals surface area (Å²) in [7, 11) is 1.81. The molecule has 0 saturated carbocycles. The zero-order chi connectivity index (χ0) is 22.2. The first-order chi connectivity index (χ1) is 15.4. The molecule has 0 fully saturated rings. The number of nitrogens with zero attached hydrogens (tertiary/aromatic N) is 3. The number of aryl methyl sites for hydroxylation is 2. The number of carbonyl (C=O) groups excluding carboxylic acids is 1. The highest BCUT2D eigenvalue weighted by atomic mass is 79.9. The third-order valence-corrected chi connectivity index (χ3v) is 7.17. The van der Waals surface area contributed by atoms with E-state index in [1.165, 1.54) is 5.56 Å². The lowest BCUT2D eigenvalue weighted by Crippen LogP contribution is -2.56. The minimum Gasteiger partial charge on any atom is -0.453 e. The summed E-state index contributed by atoms with van der Waals surface area (Å²) in [5, 5.41) is 6.95. The standard InChI is InChI=1S/C26H22BrN3O2/c1-15-4-7-17(8-5-15)21-14-23-19-13-18(27)9-11-24(19)32-26(30(23)28-21)20-12-16(2)6-10-22(20)29(3)25(26)31/h4-13,23H,14H2,1-3H3/t23-,26+/m1/s1. The number of anilines is 1. The van der Waals surface area contributed by atoms with E-state index in [0.717, 1.165) is 43.9 Å². The monoisotopic (exact) mass is 487 g/mol. The van der Waals surface area contributed by atoms with Crippen molar-refractivity contribution in [3.63, 3.8) is 0 Å². The minimum atomic E-state index is -1.31. The van der Waals surface area contributed by atoms with Crippen LogP contribution in [0.5, 0.6) is 5.75 Å². The van der Waals surface area contributed by atoms with Gasteiger partial charge < -0.3 is 9.64 Å². The highest BCUT2D eigenvalue weighted by Crippen LogP contribution is 2.55. The fraction of sp³-hybridized carbons (Fsp3) is 0.231. The van der Waals surface area contributed by atoms with Crippen molar-refractivity contribution in [2.75, 3.05) is 11.9 Å². The van der Waals surface area contributed by atoms with Crippen LogP contribution in [-0.2, 0) is 10.5 Å². The van der Waals surface area contributed by atoms with Crippen molar-refractivity contribution in [3.8, 4) is 5.75 Å². The van der Waals surface area contributed by atoms with Crippen molar-refractivity contribution in [1.29, 1.82) is 0 Å². The van der Waals surface area contributed by atoms with Gasteiger partial charge in [0.25, 0.3) is 5.91 Å². The topological polar surface area (TPSA) is 45.1 Å². The van der Waals surface area contributed by atoms with Gasteiger partial charge in [0.15, 0.2) is 0 Å². The van der Waals surface area contributed by atoms with Crippen molar-refractivity contribution >= 4 is 33.2 Å². The molecule has 160 valence electrons. The molecule has 3 aromatic carbocycles. The van der Waals surface area contributed by atoms with Gasteiger partial charge in [-0.2, -0.15) is 5.10 Å². The van der Waals surface area contributed by atoms with Crippen LogP contribution in [0.4, 0.5) is 5.69 Å². The molecule has 0 N–H and O–H groups in total. The average molecular weight is 488 g/mol. The van der Waals surface area contributed by atoms with Crippen molar-refractivity contribution in [1.82, 2.24) is 5.01 Å². The van der Waals surface area contributed by atoms with E-state index in [9.17, 15) is 4.79 Å². The maximum atomic E-state index is 13.8. The van der Waals surface area contributed by atoms with E-state index in [1.807, 2.05) is 36.2 Å². The highest BCUT2D eigenvalue weighted by Gasteiger charge is 2.62. The lowest BCUT2D eigenvalue weighted by Gasteiger charge is -2.44. The number of rotatable bonds is 1. The number of hydrogen-bond acceptors (Lipinski definition) is 4. The molecule has 3 heterocycles. The number of amides is 1.